The third-order valence-electron chi connectivity index (χ3n) is 16.3. The zero-order chi connectivity index (χ0) is 73.2. The van der Waals surface area contributed by atoms with E-state index in [9.17, 15) is 43.2 Å². The molecule has 0 aliphatic rings. The van der Waals surface area contributed by atoms with Gasteiger partial charge in [0.15, 0.2) is 12.2 Å². The van der Waals surface area contributed by atoms with Gasteiger partial charge in [0.2, 0.25) is 0 Å². The van der Waals surface area contributed by atoms with E-state index in [2.05, 4.69) is 113 Å². The van der Waals surface area contributed by atoms with Gasteiger partial charge in [-0.15, -0.1) is 0 Å². The van der Waals surface area contributed by atoms with Gasteiger partial charge in [-0.3, -0.25) is 37.3 Å². The standard InChI is InChI=1S/C81H140O17P2/c1-5-9-13-17-21-25-29-32-35-36-37-38-41-43-47-50-54-58-62-66-79(84)92-72-77(98-81(86)68-64-60-56-52-48-44-40-34-31-27-23-19-15-11-7-3)74-96-100(89,90)94-70-75(82)69-93-99(87,88)95-73-76(97-80(85)67-63-59-55-51-45-28-24-20-16-12-8-4)71-91-78(83)65-61-57-53-49-46-42-39-33-30-26-22-18-14-10-6-2/h11,15,20-21,23-25,27,32,34-35,37-38,40,48,52,60,64,75-77,82H,5-10,12-14,16-19,22,26,28-31,33,36,39,41-47,49-51,53-59,61-63,65-74H2,1-4H3,(H,87,88)(H,89,90)/b15-11-,24-20-,25-21-,27-23-,35-32-,38-37-,40-34-,52-48-,64-60-. The smallest absolute Gasteiger partial charge is 0.462 e. The summed E-state index contributed by atoms with van der Waals surface area (Å²) in [6.07, 6.45) is 78.3. The van der Waals surface area contributed by atoms with Crippen LogP contribution in [0.25, 0.3) is 0 Å². The number of esters is 4. The Morgan fingerprint density at radius 2 is 0.570 bits per heavy atom. The molecule has 19 heteroatoms. The fourth-order valence-corrected chi connectivity index (χ4v) is 11.9. The minimum Gasteiger partial charge on any atom is -0.462 e. The lowest BCUT2D eigenvalue weighted by Crippen LogP contribution is -2.30. The van der Waals surface area contributed by atoms with Gasteiger partial charge in [-0.25, -0.2) is 9.13 Å². The number of aliphatic hydroxyl groups is 1. The van der Waals surface area contributed by atoms with Gasteiger partial charge in [-0.1, -0.05) is 298 Å². The fourth-order valence-electron chi connectivity index (χ4n) is 10.3. The van der Waals surface area contributed by atoms with E-state index < -0.39 is 97.5 Å². The lowest BCUT2D eigenvalue weighted by Gasteiger charge is -2.21. The first-order chi connectivity index (χ1) is 48.7. The molecule has 5 atom stereocenters. The molecule has 0 amide bonds. The first-order valence-corrected chi connectivity index (χ1v) is 42.1. The van der Waals surface area contributed by atoms with Gasteiger partial charge in [0.05, 0.1) is 32.8 Å². The van der Waals surface area contributed by atoms with Gasteiger partial charge in [-0.05, 0) is 109 Å². The van der Waals surface area contributed by atoms with Gasteiger partial charge >= 0.3 is 39.5 Å². The average Bonchev–Trinajstić information content (AvgIpc) is 0.926. The van der Waals surface area contributed by atoms with E-state index in [1.807, 2.05) is 12.2 Å². The van der Waals surface area contributed by atoms with Crippen molar-refractivity contribution in [2.24, 2.45) is 0 Å². The summed E-state index contributed by atoms with van der Waals surface area (Å²) < 4.78 is 68.3. The van der Waals surface area contributed by atoms with Gasteiger partial charge in [0.1, 0.15) is 19.3 Å². The number of rotatable bonds is 73. The third kappa shape index (κ3) is 72.1. The maximum absolute atomic E-state index is 13.1. The molecule has 0 bridgehead atoms. The Morgan fingerprint density at radius 3 is 0.950 bits per heavy atom. The van der Waals surface area contributed by atoms with Crippen LogP contribution in [-0.4, -0.2) is 96.7 Å². The number of ether oxygens (including phenoxy) is 4. The number of allylic oxidation sites excluding steroid dienone is 17. The average molecular weight is 1450 g/mol. The van der Waals surface area contributed by atoms with Crippen molar-refractivity contribution in [2.45, 2.75) is 341 Å². The summed E-state index contributed by atoms with van der Waals surface area (Å²) in [6, 6.07) is 0. The molecule has 0 saturated heterocycles. The van der Waals surface area contributed by atoms with E-state index in [-0.39, 0.29) is 25.7 Å². The number of carbonyl (C=O) groups excluding carboxylic acids is 4. The van der Waals surface area contributed by atoms with Crippen LogP contribution in [0.3, 0.4) is 0 Å². The predicted molar refractivity (Wildman–Crippen MR) is 408 cm³/mol. The second kappa shape index (κ2) is 73.0. The van der Waals surface area contributed by atoms with E-state index in [1.165, 1.54) is 103 Å². The topological polar surface area (TPSA) is 237 Å². The van der Waals surface area contributed by atoms with Gasteiger partial charge in [-0.2, -0.15) is 0 Å². The zero-order valence-electron chi connectivity index (χ0n) is 62.8. The van der Waals surface area contributed by atoms with Crippen molar-refractivity contribution in [3.63, 3.8) is 0 Å². The molecule has 0 rings (SSSR count). The Hall–Kier alpha value is -4.28. The SMILES string of the molecule is CC/C=C\C/C=C\C/C=C\C/C=C\C/C=C\CC(=O)OC(COC(=O)CCCCCCCC/C=C\C/C=C\C/C=C\CCCCC)COP(=O)(O)OCC(O)COP(=O)(O)OCC(COC(=O)CCCCCCCCCCCCCCCCC)OC(=O)CCCCCCC/C=C\CCCC. The van der Waals surface area contributed by atoms with Crippen molar-refractivity contribution < 1.29 is 80.2 Å². The van der Waals surface area contributed by atoms with E-state index in [4.69, 9.17) is 37.0 Å². The van der Waals surface area contributed by atoms with Gasteiger partial charge in [0.25, 0.3) is 0 Å². The van der Waals surface area contributed by atoms with E-state index in [0.717, 1.165) is 141 Å². The monoisotopic (exact) mass is 1450 g/mol. The molecule has 0 aliphatic carbocycles. The highest BCUT2D eigenvalue weighted by molar-refractivity contribution is 7.47. The van der Waals surface area contributed by atoms with Crippen molar-refractivity contribution in [2.75, 3.05) is 39.6 Å². The van der Waals surface area contributed by atoms with Crippen LogP contribution >= 0.6 is 15.6 Å². The maximum Gasteiger partial charge on any atom is 0.472 e. The van der Waals surface area contributed by atoms with Gasteiger partial charge in [0, 0.05) is 19.3 Å². The van der Waals surface area contributed by atoms with Crippen LogP contribution in [0.1, 0.15) is 323 Å². The molecule has 0 aromatic rings. The molecular formula is C81H140O17P2. The number of unbranched alkanes of at least 4 members (excludes halogenated alkanes) is 30. The minimum absolute atomic E-state index is 0.0834. The summed E-state index contributed by atoms with van der Waals surface area (Å²) in [5, 5.41) is 10.6. The summed E-state index contributed by atoms with van der Waals surface area (Å²) in [5.74, 6) is -2.34. The number of aliphatic hydroxyl groups excluding tert-OH is 1. The second-order valence-electron chi connectivity index (χ2n) is 25.9. The predicted octanol–water partition coefficient (Wildman–Crippen LogP) is 22.6. The summed E-state index contributed by atoms with van der Waals surface area (Å²) in [6.45, 7) is 4.58. The molecule has 5 unspecified atom stereocenters. The molecule has 0 spiro atoms. The molecule has 0 radical (unpaired) electrons. The van der Waals surface area contributed by atoms with Gasteiger partial charge < -0.3 is 33.8 Å². The van der Waals surface area contributed by atoms with Crippen molar-refractivity contribution in [1.82, 2.24) is 0 Å². The summed E-state index contributed by atoms with van der Waals surface area (Å²) in [4.78, 5) is 72.8. The zero-order valence-corrected chi connectivity index (χ0v) is 64.6. The lowest BCUT2D eigenvalue weighted by atomic mass is 10.0. The summed E-state index contributed by atoms with van der Waals surface area (Å²) in [5.41, 5.74) is 0. The molecule has 0 heterocycles. The number of hydrogen-bond donors (Lipinski definition) is 3. The summed E-state index contributed by atoms with van der Waals surface area (Å²) in [7, 11) is -9.98. The summed E-state index contributed by atoms with van der Waals surface area (Å²) >= 11 is 0. The quantitative estimate of drug-likeness (QED) is 0.0169. The molecule has 100 heavy (non-hydrogen) atoms. The van der Waals surface area contributed by atoms with Crippen LogP contribution in [0.4, 0.5) is 0 Å². The molecule has 3 N–H and O–H groups in total. The minimum atomic E-state index is -5.00. The first kappa shape index (κ1) is 95.7. The highest BCUT2D eigenvalue weighted by Gasteiger charge is 2.30. The lowest BCUT2D eigenvalue weighted by molar-refractivity contribution is -0.161. The van der Waals surface area contributed by atoms with Crippen LogP contribution < -0.4 is 0 Å². The van der Waals surface area contributed by atoms with Crippen LogP contribution in [0.15, 0.2) is 109 Å². The molecule has 576 valence electrons. The normalized spacial score (nSPS) is 14.5. The highest BCUT2D eigenvalue weighted by Crippen LogP contribution is 2.45. The van der Waals surface area contributed by atoms with Crippen LogP contribution in [0.2, 0.25) is 0 Å². The van der Waals surface area contributed by atoms with Crippen molar-refractivity contribution in [3.05, 3.63) is 109 Å². The van der Waals surface area contributed by atoms with Crippen LogP contribution in [-0.2, 0) is 65.4 Å². The number of carbonyl (C=O) groups is 4. The number of phosphoric ester groups is 2. The van der Waals surface area contributed by atoms with Crippen molar-refractivity contribution >= 4 is 39.5 Å². The Labute approximate surface area is 607 Å². The van der Waals surface area contributed by atoms with Crippen LogP contribution in [0.5, 0.6) is 0 Å². The molecule has 17 nitrogen and oxygen atoms in total. The Bertz CT molecular complexity index is 2320. The second-order valence-corrected chi connectivity index (χ2v) is 28.8. The van der Waals surface area contributed by atoms with Crippen molar-refractivity contribution in [3.8, 4) is 0 Å². The van der Waals surface area contributed by atoms with Crippen molar-refractivity contribution in [1.29, 1.82) is 0 Å². The Morgan fingerprint density at radius 1 is 0.300 bits per heavy atom. The largest absolute Gasteiger partial charge is 0.472 e. The molecule has 0 fully saturated rings. The Balaban J connectivity index is 5.38. The Kier molecular flexibility index (Phi) is 69.9. The maximum atomic E-state index is 13.1. The highest BCUT2D eigenvalue weighted by atomic mass is 31.2. The number of hydrogen-bond acceptors (Lipinski definition) is 15. The molecule has 0 aromatic heterocycles. The van der Waals surface area contributed by atoms with Crippen LogP contribution in [0, 0.1) is 0 Å². The first-order valence-electron chi connectivity index (χ1n) is 39.1. The molecular weight excluding hydrogens is 1310 g/mol. The third-order valence-corrected chi connectivity index (χ3v) is 18.2. The number of phosphoric acid groups is 2. The van der Waals surface area contributed by atoms with E-state index in [1.54, 1.807) is 12.2 Å². The van der Waals surface area contributed by atoms with E-state index >= 15 is 0 Å². The fraction of sp³-hybridized carbons (Fsp3) is 0.728. The van der Waals surface area contributed by atoms with E-state index in [0.29, 0.717) is 25.7 Å². The molecule has 0 aromatic carbocycles. The molecule has 0 saturated carbocycles. The molecule has 0 aliphatic heterocycles.